The number of alkyl halides is 1. The van der Waals surface area contributed by atoms with E-state index in [9.17, 15) is 9.90 Å². The van der Waals surface area contributed by atoms with Gasteiger partial charge in [-0.25, -0.2) is 4.79 Å². The van der Waals surface area contributed by atoms with Gasteiger partial charge in [0.05, 0.1) is 5.69 Å². The van der Waals surface area contributed by atoms with E-state index in [2.05, 4.69) is 26.3 Å². The van der Waals surface area contributed by atoms with E-state index in [1.165, 1.54) is 4.90 Å². The van der Waals surface area contributed by atoms with Crippen molar-refractivity contribution in [1.82, 2.24) is 20.0 Å². The second-order valence-electron chi connectivity index (χ2n) is 4.12. The highest BCUT2D eigenvalue weighted by atomic mass is 79.9. The molecule has 0 spiro atoms. The molecule has 0 bridgehead atoms. The number of nitrogens with one attached hydrogen (secondary N) is 1. The lowest BCUT2D eigenvalue weighted by Crippen LogP contribution is -2.62. The van der Waals surface area contributed by atoms with Crippen molar-refractivity contribution in [1.29, 1.82) is 0 Å². The Morgan fingerprint density at radius 1 is 1.76 bits per heavy atom. The van der Waals surface area contributed by atoms with Crippen molar-refractivity contribution in [3.05, 3.63) is 18.0 Å². The van der Waals surface area contributed by atoms with Gasteiger partial charge in [-0.1, -0.05) is 15.9 Å². The first-order valence-corrected chi connectivity index (χ1v) is 6.18. The Balaban J connectivity index is 2.49. The summed E-state index contributed by atoms with van der Waals surface area (Å²) in [6, 6.07) is 1.79. The Morgan fingerprint density at radius 2 is 2.47 bits per heavy atom. The summed E-state index contributed by atoms with van der Waals surface area (Å²) in [5, 5.41) is 16.7. The van der Waals surface area contributed by atoms with Crippen molar-refractivity contribution in [3.8, 4) is 0 Å². The topological polar surface area (TPSA) is 70.4 Å². The number of carbonyl (C=O) groups is 1. The molecule has 1 amide bonds. The number of amides is 1. The van der Waals surface area contributed by atoms with Crippen molar-refractivity contribution < 1.29 is 9.90 Å². The Kier molecular flexibility index (Phi) is 3.13. The predicted molar refractivity (Wildman–Crippen MR) is 66.0 cm³/mol. The number of carboxylic acid groups (broad SMARTS) is 1. The van der Waals surface area contributed by atoms with Crippen LogP contribution in [-0.4, -0.2) is 45.0 Å². The van der Waals surface area contributed by atoms with Gasteiger partial charge >= 0.3 is 6.09 Å². The van der Waals surface area contributed by atoms with Crippen LogP contribution >= 0.6 is 15.9 Å². The van der Waals surface area contributed by atoms with E-state index in [4.69, 9.17) is 0 Å². The van der Waals surface area contributed by atoms with Crippen LogP contribution in [0.5, 0.6) is 0 Å². The second-order valence-corrected chi connectivity index (χ2v) is 5.33. The van der Waals surface area contributed by atoms with Gasteiger partial charge in [0.25, 0.3) is 0 Å². The average molecular weight is 303 g/mol. The lowest BCUT2D eigenvalue weighted by atomic mass is 10.0. The normalized spacial score (nSPS) is 29.4. The molecule has 17 heavy (non-hydrogen) atoms. The van der Waals surface area contributed by atoms with E-state index < -0.39 is 10.5 Å². The molecular formula is C10H15BrN4O2. The van der Waals surface area contributed by atoms with E-state index in [0.29, 0.717) is 13.1 Å². The molecule has 0 radical (unpaired) electrons. The van der Waals surface area contributed by atoms with Crippen molar-refractivity contribution in [2.45, 2.75) is 17.4 Å². The summed E-state index contributed by atoms with van der Waals surface area (Å²) in [5.41, 5.74) is 0.819. The molecule has 7 heteroatoms. The van der Waals surface area contributed by atoms with Gasteiger partial charge in [-0.3, -0.25) is 9.58 Å². The number of halogens is 1. The molecule has 94 valence electrons. The van der Waals surface area contributed by atoms with Crippen LogP contribution in [0.4, 0.5) is 4.79 Å². The molecule has 0 aliphatic carbocycles. The van der Waals surface area contributed by atoms with Crippen LogP contribution in [0, 0.1) is 0 Å². The summed E-state index contributed by atoms with van der Waals surface area (Å²) >= 11 is 3.59. The number of rotatable bonds is 1. The molecule has 1 aliphatic rings. The zero-order valence-corrected chi connectivity index (χ0v) is 11.3. The van der Waals surface area contributed by atoms with Crippen LogP contribution < -0.4 is 5.32 Å². The fourth-order valence-corrected chi connectivity index (χ4v) is 3.12. The largest absolute Gasteiger partial charge is 0.465 e. The minimum Gasteiger partial charge on any atom is -0.465 e. The molecule has 1 saturated heterocycles. The van der Waals surface area contributed by atoms with Crippen LogP contribution in [0.25, 0.3) is 0 Å². The van der Waals surface area contributed by atoms with E-state index in [1.807, 2.05) is 13.0 Å². The van der Waals surface area contributed by atoms with Gasteiger partial charge in [0.2, 0.25) is 0 Å². The molecule has 1 aliphatic heterocycles. The third-order valence-electron chi connectivity index (χ3n) is 3.16. The molecule has 0 saturated carbocycles. The lowest BCUT2D eigenvalue weighted by molar-refractivity contribution is 0.0801. The maximum Gasteiger partial charge on any atom is 0.408 e. The van der Waals surface area contributed by atoms with Gasteiger partial charge < -0.3 is 10.4 Å². The Hall–Kier alpha value is -1.08. The van der Waals surface area contributed by atoms with Crippen LogP contribution in [-0.2, 0) is 11.5 Å². The summed E-state index contributed by atoms with van der Waals surface area (Å²) in [6.07, 6.45) is 0.733. The highest BCUT2D eigenvalue weighted by Crippen LogP contribution is 2.39. The molecule has 2 heterocycles. The zero-order valence-electron chi connectivity index (χ0n) is 9.72. The Bertz CT molecular complexity index is 436. The highest BCUT2D eigenvalue weighted by Gasteiger charge is 2.48. The first kappa shape index (κ1) is 12.4. The number of hydrogen-bond donors (Lipinski definition) is 2. The standard InChI is InChI=1S/C10H15BrN4O2/c1-7-10(11,8-3-4-13-14(8)2)15(9(16)17)6-5-12-7/h3-4,7,12H,5-6H2,1-2H3,(H,16,17). The quantitative estimate of drug-likeness (QED) is 0.598. The fourth-order valence-electron chi connectivity index (χ4n) is 2.24. The fraction of sp³-hybridized carbons (Fsp3) is 0.600. The summed E-state index contributed by atoms with van der Waals surface area (Å²) < 4.78 is 0.913. The second kappa shape index (κ2) is 4.30. The molecule has 2 atom stereocenters. The Morgan fingerprint density at radius 3 is 3.00 bits per heavy atom. The van der Waals surface area contributed by atoms with E-state index in [0.717, 1.165) is 5.69 Å². The molecule has 2 unspecified atom stereocenters. The minimum absolute atomic E-state index is 0.0391. The van der Waals surface area contributed by atoms with Gasteiger partial charge in [0.1, 0.15) is 0 Å². The third-order valence-corrected chi connectivity index (χ3v) is 4.68. The van der Waals surface area contributed by atoms with Gasteiger partial charge in [0, 0.05) is 32.4 Å². The number of aryl methyl sites for hydroxylation is 1. The van der Waals surface area contributed by atoms with Crippen molar-refractivity contribution in [2.75, 3.05) is 13.1 Å². The highest BCUT2D eigenvalue weighted by molar-refractivity contribution is 9.09. The average Bonchev–Trinajstić information content (AvgIpc) is 2.68. The summed E-state index contributed by atoms with van der Waals surface area (Å²) in [7, 11) is 1.81. The summed E-state index contributed by atoms with van der Waals surface area (Å²) in [5.74, 6) is 0. The zero-order chi connectivity index (χ0) is 12.6. The van der Waals surface area contributed by atoms with Gasteiger partial charge in [-0.15, -0.1) is 0 Å². The third kappa shape index (κ3) is 1.83. The SMILES string of the molecule is CC1NCCN(C(=O)O)C1(Br)c1ccnn1C. The van der Waals surface area contributed by atoms with Gasteiger partial charge in [-0.05, 0) is 13.0 Å². The molecule has 1 fully saturated rings. The minimum atomic E-state index is -0.934. The smallest absolute Gasteiger partial charge is 0.408 e. The predicted octanol–water partition coefficient (Wildman–Crippen LogP) is 0.939. The monoisotopic (exact) mass is 302 g/mol. The maximum absolute atomic E-state index is 11.4. The number of nitrogens with zero attached hydrogens (tertiary/aromatic N) is 3. The number of aromatic nitrogens is 2. The molecule has 6 nitrogen and oxygen atoms in total. The van der Waals surface area contributed by atoms with Gasteiger partial charge in [-0.2, -0.15) is 5.10 Å². The molecule has 0 aromatic carbocycles. The molecular weight excluding hydrogens is 288 g/mol. The number of piperazine rings is 1. The van der Waals surface area contributed by atoms with E-state index in [1.54, 1.807) is 17.9 Å². The molecule has 2 rings (SSSR count). The van der Waals surface area contributed by atoms with Crippen molar-refractivity contribution >= 4 is 22.0 Å². The van der Waals surface area contributed by atoms with E-state index in [-0.39, 0.29) is 6.04 Å². The summed E-state index contributed by atoms with van der Waals surface area (Å²) in [6.45, 7) is 3.05. The van der Waals surface area contributed by atoms with Crippen LogP contribution in [0.15, 0.2) is 12.3 Å². The van der Waals surface area contributed by atoms with E-state index >= 15 is 0 Å². The van der Waals surface area contributed by atoms with Crippen LogP contribution in [0.1, 0.15) is 12.6 Å². The molecule has 1 aromatic heterocycles. The Labute approximate surface area is 108 Å². The van der Waals surface area contributed by atoms with Crippen molar-refractivity contribution in [2.24, 2.45) is 7.05 Å². The molecule has 1 aromatic rings. The first-order valence-electron chi connectivity index (χ1n) is 5.39. The van der Waals surface area contributed by atoms with Gasteiger partial charge in [0.15, 0.2) is 4.45 Å². The molecule has 2 N–H and O–H groups in total. The van der Waals surface area contributed by atoms with Crippen molar-refractivity contribution in [3.63, 3.8) is 0 Å². The maximum atomic E-state index is 11.4. The summed E-state index contributed by atoms with van der Waals surface area (Å²) in [4.78, 5) is 12.8. The first-order chi connectivity index (χ1) is 7.98. The van der Waals surface area contributed by atoms with Crippen LogP contribution in [0.2, 0.25) is 0 Å². The lowest BCUT2D eigenvalue weighted by Gasteiger charge is -2.46. The number of hydrogen-bond acceptors (Lipinski definition) is 3. The van der Waals surface area contributed by atoms with Crippen LogP contribution in [0.3, 0.4) is 0 Å².